The average Bonchev–Trinajstić information content (AvgIpc) is 3.44. The van der Waals surface area contributed by atoms with E-state index in [2.05, 4.69) is 52.4 Å². The first-order valence-electron chi connectivity index (χ1n) is 9.50. The summed E-state index contributed by atoms with van der Waals surface area (Å²) in [4.78, 5) is 8.89. The van der Waals surface area contributed by atoms with Crippen molar-refractivity contribution in [2.24, 2.45) is 10.9 Å². The van der Waals surface area contributed by atoms with E-state index in [1.165, 1.54) is 42.5 Å². The van der Waals surface area contributed by atoms with Crippen LogP contribution in [0.15, 0.2) is 23.2 Å². The van der Waals surface area contributed by atoms with E-state index in [0.29, 0.717) is 0 Å². The number of guanidine groups is 1. The van der Waals surface area contributed by atoms with E-state index in [-0.39, 0.29) is 24.0 Å². The molecule has 1 fully saturated rings. The molecule has 1 aromatic carbocycles. The first-order valence-corrected chi connectivity index (χ1v) is 9.50. The fourth-order valence-corrected chi connectivity index (χ4v) is 3.36. The highest BCUT2D eigenvalue weighted by atomic mass is 127. The van der Waals surface area contributed by atoms with Crippen LogP contribution in [0.1, 0.15) is 30.4 Å². The van der Waals surface area contributed by atoms with Gasteiger partial charge in [0.05, 0.1) is 6.61 Å². The molecule has 26 heavy (non-hydrogen) atoms. The predicted octanol–water partition coefficient (Wildman–Crippen LogP) is 3.12. The minimum atomic E-state index is 0. The number of anilines is 1. The lowest BCUT2D eigenvalue weighted by Gasteiger charge is -2.28. The van der Waals surface area contributed by atoms with Crippen molar-refractivity contribution in [1.82, 2.24) is 10.2 Å². The maximum Gasteiger partial charge on any atom is 0.193 e. The molecule has 0 bridgehead atoms. The molecule has 6 heteroatoms. The number of benzene rings is 1. The van der Waals surface area contributed by atoms with Gasteiger partial charge in [-0.3, -0.25) is 4.99 Å². The Morgan fingerprint density at radius 3 is 2.92 bits per heavy atom. The number of hydrogen-bond acceptors (Lipinski definition) is 3. The zero-order chi connectivity index (χ0) is 17.6. The molecule has 0 amide bonds. The fraction of sp³-hybridized carbons (Fsp3) is 0.650. The Kier molecular flexibility index (Phi) is 8.47. The van der Waals surface area contributed by atoms with Crippen LogP contribution in [0.3, 0.4) is 0 Å². The minimum absolute atomic E-state index is 0. The van der Waals surface area contributed by atoms with Gasteiger partial charge in [-0.25, -0.2) is 0 Å². The highest BCUT2D eigenvalue weighted by Crippen LogP contribution is 2.28. The Hall–Kier alpha value is -1.02. The second-order valence-electron chi connectivity index (χ2n) is 7.33. The summed E-state index contributed by atoms with van der Waals surface area (Å²) >= 11 is 0. The topological polar surface area (TPSA) is 40.1 Å². The summed E-state index contributed by atoms with van der Waals surface area (Å²) in [6.07, 6.45) is 5.11. The van der Waals surface area contributed by atoms with E-state index >= 15 is 0 Å². The van der Waals surface area contributed by atoms with E-state index in [1.807, 2.05) is 7.05 Å². The van der Waals surface area contributed by atoms with Crippen LogP contribution >= 0.6 is 24.0 Å². The molecule has 1 aromatic rings. The summed E-state index contributed by atoms with van der Waals surface area (Å²) in [7, 11) is 6.08. The number of nitrogens with zero attached hydrogens (tertiary/aromatic N) is 3. The molecule has 0 spiro atoms. The molecule has 146 valence electrons. The molecule has 1 saturated carbocycles. The summed E-state index contributed by atoms with van der Waals surface area (Å²) in [5.74, 6) is 1.75. The summed E-state index contributed by atoms with van der Waals surface area (Å²) < 4.78 is 5.73. The number of aliphatic imine (C=N–C) groups is 1. The normalized spacial score (nSPS) is 16.7. The van der Waals surface area contributed by atoms with E-state index in [1.54, 1.807) is 0 Å². The van der Waals surface area contributed by atoms with E-state index < -0.39 is 0 Å². The van der Waals surface area contributed by atoms with Crippen molar-refractivity contribution in [1.29, 1.82) is 0 Å². The standard InChI is InChI=1S/C20H32N4O.HI/c1-21-20(24(3)11-12-25-15-16-6-7-16)22-14-17-8-9-19-18(13-17)5-4-10-23(19)2;/h8-9,13,16H,4-7,10-12,14-15H2,1-3H3,(H,21,22);1H. The van der Waals surface area contributed by atoms with Gasteiger partial charge >= 0.3 is 0 Å². The maximum atomic E-state index is 5.73. The number of nitrogens with one attached hydrogen (secondary N) is 1. The molecule has 0 atom stereocenters. The highest BCUT2D eigenvalue weighted by Gasteiger charge is 2.21. The number of rotatable bonds is 7. The van der Waals surface area contributed by atoms with E-state index in [0.717, 1.165) is 44.7 Å². The number of likely N-dealkylation sites (N-methyl/N-ethyl adjacent to an activating group) is 1. The van der Waals surface area contributed by atoms with Crippen LogP contribution in [0.25, 0.3) is 0 Å². The SMILES string of the molecule is CN=C(NCc1ccc2c(c1)CCCN2C)N(C)CCOCC1CC1.I. The van der Waals surface area contributed by atoms with Crippen LogP contribution in [-0.4, -0.2) is 58.3 Å². The van der Waals surface area contributed by atoms with Gasteiger partial charge in [-0.2, -0.15) is 0 Å². The van der Waals surface area contributed by atoms with Gasteiger partial charge in [-0.05, 0) is 48.8 Å². The van der Waals surface area contributed by atoms with Gasteiger partial charge in [0.15, 0.2) is 5.96 Å². The molecule has 0 unspecified atom stereocenters. The largest absolute Gasteiger partial charge is 0.379 e. The third kappa shape index (κ3) is 6.01. The van der Waals surface area contributed by atoms with Gasteiger partial charge in [0.25, 0.3) is 0 Å². The van der Waals surface area contributed by atoms with Crippen LogP contribution in [-0.2, 0) is 17.7 Å². The molecule has 5 nitrogen and oxygen atoms in total. The van der Waals surface area contributed by atoms with Crippen LogP contribution < -0.4 is 10.2 Å². The third-order valence-electron chi connectivity index (χ3n) is 5.14. The lowest BCUT2D eigenvalue weighted by Crippen LogP contribution is -2.40. The van der Waals surface area contributed by atoms with Gasteiger partial charge in [0, 0.05) is 53.1 Å². The molecule has 3 rings (SSSR count). The van der Waals surface area contributed by atoms with Crippen LogP contribution in [0.5, 0.6) is 0 Å². The Labute approximate surface area is 175 Å². The first kappa shape index (κ1) is 21.3. The highest BCUT2D eigenvalue weighted by molar-refractivity contribution is 14.0. The van der Waals surface area contributed by atoms with Gasteiger partial charge in [-0.15, -0.1) is 24.0 Å². The average molecular weight is 472 g/mol. The van der Waals surface area contributed by atoms with E-state index in [4.69, 9.17) is 4.74 Å². The smallest absolute Gasteiger partial charge is 0.193 e. The van der Waals surface area contributed by atoms with Gasteiger partial charge in [0.2, 0.25) is 0 Å². The second-order valence-corrected chi connectivity index (χ2v) is 7.33. The lowest BCUT2D eigenvalue weighted by atomic mass is 9.99. The Bertz CT molecular complexity index is 603. The van der Waals surface area contributed by atoms with Crippen LogP contribution in [0.4, 0.5) is 5.69 Å². The summed E-state index contributed by atoms with van der Waals surface area (Å²) in [5.41, 5.74) is 4.16. The Balaban J connectivity index is 0.00000243. The molecule has 0 radical (unpaired) electrons. The summed E-state index contributed by atoms with van der Waals surface area (Å²) in [6, 6.07) is 6.81. The molecule has 1 heterocycles. The van der Waals surface area contributed by atoms with Crippen molar-refractivity contribution in [2.45, 2.75) is 32.2 Å². The molecule has 1 aliphatic heterocycles. The minimum Gasteiger partial charge on any atom is -0.379 e. The molecule has 0 aromatic heterocycles. The molecule has 1 N–H and O–H groups in total. The lowest BCUT2D eigenvalue weighted by molar-refractivity contribution is 0.115. The van der Waals surface area contributed by atoms with Crippen LogP contribution in [0, 0.1) is 5.92 Å². The maximum absolute atomic E-state index is 5.73. The van der Waals surface area contributed by atoms with Crippen molar-refractivity contribution in [3.8, 4) is 0 Å². The zero-order valence-electron chi connectivity index (χ0n) is 16.3. The number of halogens is 1. The first-order chi connectivity index (χ1) is 12.2. The van der Waals surface area contributed by atoms with Gasteiger partial charge < -0.3 is 19.9 Å². The quantitative estimate of drug-likeness (QED) is 0.287. The Morgan fingerprint density at radius 2 is 2.19 bits per heavy atom. The molecular weight excluding hydrogens is 439 g/mol. The molecule has 0 saturated heterocycles. The fourth-order valence-electron chi connectivity index (χ4n) is 3.36. The second kappa shape index (κ2) is 10.3. The van der Waals surface area contributed by atoms with Crippen LogP contribution in [0.2, 0.25) is 0 Å². The van der Waals surface area contributed by atoms with Crippen molar-refractivity contribution < 1.29 is 4.74 Å². The third-order valence-corrected chi connectivity index (χ3v) is 5.14. The van der Waals surface area contributed by atoms with Crippen molar-refractivity contribution in [3.05, 3.63) is 29.3 Å². The van der Waals surface area contributed by atoms with Crippen molar-refractivity contribution >= 4 is 35.6 Å². The van der Waals surface area contributed by atoms with Crippen molar-refractivity contribution in [2.75, 3.05) is 52.3 Å². The monoisotopic (exact) mass is 472 g/mol. The number of ether oxygens (including phenoxy) is 1. The van der Waals surface area contributed by atoms with Gasteiger partial charge in [0.1, 0.15) is 0 Å². The van der Waals surface area contributed by atoms with Crippen molar-refractivity contribution in [3.63, 3.8) is 0 Å². The Morgan fingerprint density at radius 1 is 1.38 bits per heavy atom. The van der Waals surface area contributed by atoms with E-state index in [9.17, 15) is 0 Å². The molecule has 2 aliphatic rings. The van der Waals surface area contributed by atoms with Gasteiger partial charge in [-0.1, -0.05) is 12.1 Å². The summed E-state index contributed by atoms with van der Waals surface area (Å²) in [5, 5.41) is 3.47. The number of fused-ring (bicyclic) bond motifs is 1. The molecular formula is C20H33IN4O. The molecule has 1 aliphatic carbocycles. The zero-order valence-corrected chi connectivity index (χ0v) is 18.7. The predicted molar refractivity (Wildman–Crippen MR) is 120 cm³/mol. The number of hydrogen-bond donors (Lipinski definition) is 1. The summed E-state index contributed by atoms with van der Waals surface area (Å²) in [6.45, 7) is 4.51. The number of aryl methyl sites for hydroxylation is 1.